The highest BCUT2D eigenvalue weighted by Gasteiger charge is 2.22. The molecule has 0 aromatic carbocycles. The van der Waals surface area contributed by atoms with Crippen LogP contribution in [-0.2, 0) is 0 Å². The first-order valence-electron chi connectivity index (χ1n) is 5.39. The van der Waals surface area contributed by atoms with Gasteiger partial charge in [0.05, 0.1) is 10.6 Å². The van der Waals surface area contributed by atoms with Crippen LogP contribution in [0, 0.1) is 17.0 Å². The van der Waals surface area contributed by atoms with E-state index in [1.807, 2.05) is 12.3 Å². The number of nitro groups is 1. The van der Waals surface area contributed by atoms with Crippen LogP contribution in [0.15, 0.2) is 11.7 Å². The summed E-state index contributed by atoms with van der Waals surface area (Å²) in [6.45, 7) is 1.88. The number of nitrogen functional groups attached to an aromatic ring is 1. The number of nitrogens with one attached hydrogen (secondary N) is 1. The van der Waals surface area contributed by atoms with E-state index in [-0.39, 0.29) is 17.6 Å². The van der Waals surface area contributed by atoms with Crippen molar-refractivity contribution in [3.63, 3.8) is 0 Å². The quantitative estimate of drug-likeness (QED) is 0.541. The predicted molar refractivity (Wildman–Crippen MR) is 72.0 cm³/mol. The first-order chi connectivity index (χ1) is 9.56. The third-order valence-corrected chi connectivity index (χ3v) is 3.44. The Kier molecular flexibility index (Phi) is 2.68. The summed E-state index contributed by atoms with van der Waals surface area (Å²) >= 11 is 1.42. The van der Waals surface area contributed by atoms with Crippen molar-refractivity contribution >= 4 is 39.6 Å². The summed E-state index contributed by atoms with van der Waals surface area (Å²) in [5, 5.41) is 19.7. The lowest BCUT2D eigenvalue weighted by atomic mass is 10.4. The van der Waals surface area contributed by atoms with Gasteiger partial charge in [-0.25, -0.2) is 14.5 Å². The van der Waals surface area contributed by atoms with E-state index in [9.17, 15) is 10.1 Å². The summed E-state index contributed by atoms with van der Waals surface area (Å²) < 4.78 is 1.63. The summed E-state index contributed by atoms with van der Waals surface area (Å²) in [4.78, 5) is 22.6. The van der Waals surface area contributed by atoms with Crippen molar-refractivity contribution in [1.29, 1.82) is 0 Å². The average Bonchev–Trinajstić information content (AvgIpc) is 2.91. The molecule has 11 heteroatoms. The first kappa shape index (κ1) is 12.2. The van der Waals surface area contributed by atoms with Gasteiger partial charge in [-0.15, -0.1) is 16.4 Å². The maximum atomic E-state index is 11.0. The first-order valence-corrected chi connectivity index (χ1v) is 6.27. The molecule has 0 aliphatic rings. The van der Waals surface area contributed by atoms with Gasteiger partial charge in [0.25, 0.3) is 0 Å². The van der Waals surface area contributed by atoms with E-state index in [1.54, 1.807) is 4.52 Å². The molecule has 0 bridgehead atoms. The van der Waals surface area contributed by atoms with Crippen LogP contribution in [0.2, 0.25) is 0 Å². The molecule has 20 heavy (non-hydrogen) atoms. The number of hydrogen-bond donors (Lipinski definition) is 2. The van der Waals surface area contributed by atoms with Crippen LogP contribution in [0.4, 0.5) is 23.3 Å². The van der Waals surface area contributed by atoms with Gasteiger partial charge in [-0.3, -0.25) is 10.1 Å². The third kappa shape index (κ3) is 1.89. The Bertz CT molecular complexity index is 809. The fourth-order valence-corrected chi connectivity index (χ4v) is 2.41. The SMILES string of the molecule is Cc1csc2nc(Nc3ncnc(N)c3[N+](=O)[O-])nn12. The van der Waals surface area contributed by atoms with Crippen LogP contribution < -0.4 is 11.1 Å². The number of aromatic nitrogens is 5. The minimum atomic E-state index is -0.651. The maximum Gasteiger partial charge on any atom is 0.353 e. The Labute approximate surface area is 115 Å². The van der Waals surface area contributed by atoms with Crippen LogP contribution in [0.25, 0.3) is 4.96 Å². The number of rotatable bonds is 3. The van der Waals surface area contributed by atoms with Crippen molar-refractivity contribution in [2.75, 3.05) is 11.1 Å². The molecule has 10 nitrogen and oxygen atoms in total. The predicted octanol–water partition coefficient (Wildman–Crippen LogP) is 1.12. The maximum absolute atomic E-state index is 11.0. The number of fused-ring (bicyclic) bond motifs is 1. The van der Waals surface area contributed by atoms with Gasteiger partial charge in [-0.05, 0) is 6.92 Å². The van der Waals surface area contributed by atoms with E-state index < -0.39 is 10.6 Å². The lowest BCUT2D eigenvalue weighted by Gasteiger charge is -2.02. The van der Waals surface area contributed by atoms with Crippen LogP contribution in [0.5, 0.6) is 0 Å². The average molecular weight is 292 g/mol. The number of nitrogens with two attached hydrogens (primary N) is 1. The molecule has 3 aromatic rings. The highest BCUT2D eigenvalue weighted by molar-refractivity contribution is 7.15. The Morgan fingerprint density at radius 2 is 2.30 bits per heavy atom. The lowest BCUT2D eigenvalue weighted by Crippen LogP contribution is -2.05. The number of aryl methyl sites for hydroxylation is 1. The number of nitrogens with zero attached hydrogens (tertiary/aromatic N) is 6. The van der Waals surface area contributed by atoms with Gasteiger partial charge < -0.3 is 11.1 Å². The largest absolute Gasteiger partial charge is 0.378 e. The van der Waals surface area contributed by atoms with Gasteiger partial charge >= 0.3 is 5.69 Å². The van der Waals surface area contributed by atoms with Crippen LogP contribution in [0.1, 0.15) is 5.69 Å². The molecule has 0 saturated carbocycles. The Morgan fingerprint density at radius 3 is 3.00 bits per heavy atom. The lowest BCUT2D eigenvalue weighted by molar-refractivity contribution is -0.383. The normalized spacial score (nSPS) is 10.8. The molecule has 0 aliphatic carbocycles. The Hall–Kier alpha value is -2.82. The minimum absolute atomic E-state index is 0.0431. The standard InChI is InChI=1S/C9H8N8O2S/c1-4-2-20-9-14-8(15-16(4)9)13-7-5(17(18)19)6(10)11-3-12-7/h2-3H,1H3,(H3,10,11,12,13,15). The second-order valence-corrected chi connectivity index (χ2v) is 4.68. The highest BCUT2D eigenvalue weighted by Crippen LogP contribution is 2.28. The van der Waals surface area contributed by atoms with Crippen LogP contribution in [-0.4, -0.2) is 29.5 Å². The third-order valence-electron chi connectivity index (χ3n) is 2.51. The smallest absolute Gasteiger partial charge is 0.353 e. The van der Waals surface area contributed by atoms with Crippen molar-refractivity contribution in [2.24, 2.45) is 0 Å². The molecular formula is C9H8N8O2S. The van der Waals surface area contributed by atoms with E-state index >= 15 is 0 Å². The molecule has 3 rings (SSSR count). The van der Waals surface area contributed by atoms with E-state index in [0.717, 1.165) is 12.0 Å². The molecule has 0 unspecified atom stereocenters. The van der Waals surface area contributed by atoms with Crippen molar-refractivity contribution in [3.8, 4) is 0 Å². The summed E-state index contributed by atoms with van der Waals surface area (Å²) in [7, 11) is 0. The molecule has 0 radical (unpaired) electrons. The molecule has 0 amide bonds. The molecule has 3 heterocycles. The summed E-state index contributed by atoms with van der Waals surface area (Å²) in [6.07, 6.45) is 1.13. The van der Waals surface area contributed by atoms with Gasteiger partial charge in [0, 0.05) is 5.38 Å². The number of hydrogen-bond acceptors (Lipinski definition) is 9. The summed E-state index contributed by atoms with van der Waals surface area (Å²) in [5.74, 6) is -0.0516. The topological polar surface area (TPSA) is 137 Å². The molecule has 102 valence electrons. The molecule has 0 aliphatic heterocycles. The van der Waals surface area contributed by atoms with Gasteiger partial charge in [0.1, 0.15) is 6.33 Å². The zero-order valence-corrected chi connectivity index (χ0v) is 11.0. The van der Waals surface area contributed by atoms with Gasteiger partial charge in [0.2, 0.25) is 22.5 Å². The molecule has 3 N–H and O–H groups in total. The van der Waals surface area contributed by atoms with Crippen molar-refractivity contribution in [1.82, 2.24) is 24.6 Å². The molecular weight excluding hydrogens is 284 g/mol. The van der Waals surface area contributed by atoms with Crippen molar-refractivity contribution < 1.29 is 4.92 Å². The molecule has 0 atom stereocenters. The van der Waals surface area contributed by atoms with Crippen molar-refractivity contribution in [2.45, 2.75) is 6.92 Å². The van der Waals surface area contributed by atoms with Gasteiger partial charge in [-0.1, -0.05) is 0 Å². The van der Waals surface area contributed by atoms with Gasteiger partial charge in [0.15, 0.2) is 0 Å². The highest BCUT2D eigenvalue weighted by atomic mass is 32.1. The summed E-state index contributed by atoms with van der Waals surface area (Å²) in [5.41, 5.74) is 6.00. The summed E-state index contributed by atoms with van der Waals surface area (Å²) in [6, 6.07) is 0. The second kappa shape index (κ2) is 4.38. The Morgan fingerprint density at radius 1 is 1.50 bits per heavy atom. The zero-order valence-electron chi connectivity index (χ0n) is 10.1. The monoisotopic (exact) mass is 292 g/mol. The fourth-order valence-electron chi connectivity index (χ4n) is 1.61. The van der Waals surface area contributed by atoms with E-state index in [4.69, 9.17) is 5.73 Å². The van der Waals surface area contributed by atoms with E-state index in [1.165, 1.54) is 11.3 Å². The molecule has 0 spiro atoms. The Balaban J connectivity index is 2.02. The number of anilines is 3. The van der Waals surface area contributed by atoms with Gasteiger partial charge in [-0.2, -0.15) is 4.98 Å². The van der Waals surface area contributed by atoms with Crippen molar-refractivity contribution in [3.05, 3.63) is 27.5 Å². The molecule has 0 fully saturated rings. The minimum Gasteiger partial charge on any atom is -0.378 e. The van der Waals surface area contributed by atoms with E-state index in [2.05, 4.69) is 25.4 Å². The van der Waals surface area contributed by atoms with E-state index in [0.29, 0.717) is 4.96 Å². The zero-order chi connectivity index (χ0) is 14.3. The molecule has 0 saturated heterocycles. The van der Waals surface area contributed by atoms with Crippen LogP contribution in [0.3, 0.4) is 0 Å². The fraction of sp³-hybridized carbons (Fsp3) is 0.111. The number of thiazole rings is 1. The molecule has 3 aromatic heterocycles. The van der Waals surface area contributed by atoms with Crippen LogP contribution >= 0.6 is 11.3 Å². The second-order valence-electron chi connectivity index (χ2n) is 3.85.